The zero-order valence-electron chi connectivity index (χ0n) is 18.0. The maximum absolute atomic E-state index is 12.2. The van der Waals surface area contributed by atoms with Crippen LogP contribution in [-0.2, 0) is 4.74 Å². The Kier molecular flexibility index (Phi) is 5.90. The van der Waals surface area contributed by atoms with Gasteiger partial charge >= 0.3 is 6.09 Å². The van der Waals surface area contributed by atoms with Crippen LogP contribution in [0.25, 0.3) is 22.4 Å². The van der Waals surface area contributed by atoms with E-state index in [0.29, 0.717) is 19.6 Å². The third-order valence-corrected chi connectivity index (χ3v) is 5.79. The van der Waals surface area contributed by atoms with Gasteiger partial charge in [0, 0.05) is 30.6 Å². The molecule has 3 aromatic carbocycles. The molecule has 5 heteroatoms. The highest BCUT2D eigenvalue weighted by Gasteiger charge is 2.28. The smallest absolute Gasteiger partial charge is 0.407 e. The van der Waals surface area contributed by atoms with E-state index in [2.05, 4.69) is 51.6 Å². The van der Waals surface area contributed by atoms with E-state index in [1.54, 1.807) is 6.20 Å². The highest BCUT2D eigenvalue weighted by Crippen LogP contribution is 2.44. The lowest BCUT2D eigenvalue weighted by atomic mass is 9.98. The molecule has 0 unspecified atom stereocenters. The van der Waals surface area contributed by atoms with Crippen molar-refractivity contribution in [2.45, 2.75) is 12.3 Å². The van der Waals surface area contributed by atoms with E-state index in [0.717, 1.165) is 16.8 Å². The Balaban J connectivity index is 1.10. The fraction of sp³-hybridized carbons (Fsp3) is 0.143. The molecule has 1 heterocycles. The Hall–Kier alpha value is -4.30. The molecule has 0 radical (unpaired) electrons. The van der Waals surface area contributed by atoms with Crippen LogP contribution < -0.4 is 5.32 Å². The average Bonchev–Trinajstić information content (AvgIpc) is 3.50. The molecule has 1 aromatic heterocycles. The summed E-state index contributed by atoms with van der Waals surface area (Å²) in [6, 6.07) is 26.5. The van der Waals surface area contributed by atoms with Gasteiger partial charge in [-0.3, -0.25) is 5.10 Å². The van der Waals surface area contributed by atoms with Crippen molar-refractivity contribution in [3.63, 3.8) is 0 Å². The summed E-state index contributed by atoms with van der Waals surface area (Å²) in [4.78, 5) is 12.2. The molecule has 33 heavy (non-hydrogen) atoms. The number of hydrogen-bond acceptors (Lipinski definition) is 3. The molecule has 0 bridgehead atoms. The lowest BCUT2D eigenvalue weighted by molar-refractivity contribution is 0.143. The second-order valence-corrected chi connectivity index (χ2v) is 7.85. The molecule has 162 valence electrons. The number of nitrogens with zero attached hydrogens (tertiary/aromatic N) is 1. The van der Waals surface area contributed by atoms with E-state index >= 15 is 0 Å². The number of aromatic amines is 1. The second kappa shape index (κ2) is 9.46. The number of hydrogen-bond donors (Lipinski definition) is 2. The number of H-pyrrole nitrogens is 1. The number of ether oxygens (including phenoxy) is 1. The third kappa shape index (κ3) is 4.51. The zero-order valence-corrected chi connectivity index (χ0v) is 18.0. The molecule has 1 aliphatic rings. The number of amides is 1. The van der Waals surface area contributed by atoms with E-state index in [1.807, 2.05) is 54.6 Å². The predicted molar refractivity (Wildman–Crippen MR) is 129 cm³/mol. The summed E-state index contributed by atoms with van der Waals surface area (Å²) < 4.78 is 5.55. The monoisotopic (exact) mass is 433 g/mol. The average molecular weight is 434 g/mol. The van der Waals surface area contributed by atoms with Gasteiger partial charge in [0.05, 0.1) is 5.69 Å². The Bertz CT molecular complexity index is 1270. The van der Waals surface area contributed by atoms with Crippen molar-refractivity contribution in [2.75, 3.05) is 13.2 Å². The molecule has 5 nitrogen and oxygen atoms in total. The lowest BCUT2D eigenvalue weighted by Gasteiger charge is -2.14. The molecule has 0 atom stereocenters. The van der Waals surface area contributed by atoms with E-state index < -0.39 is 6.09 Å². The van der Waals surface area contributed by atoms with Crippen LogP contribution >= 0.6 is 0 Å². The summed E-state index contributed by atoms with van der Waals surface area (Å²) in [5.74, 6) is 6.28. The number of rotatable bonds is 5. The number of benzene rings is 3. The number of carbonyl (C=O) groups is 1. The van der Waals surface area contributed by atoms with Gasteiger partial charge in [0.25, 0.3) is 0 Å². The Labute approximate surface area is 192 Å². The topological polar surface area (TPSA) is 67.0 Å². The van der Waals surface area contributed by atoms with E-state index in [4.69, 9.17) is 4.74 Å². The first-order chi connectivity index (χ1) is 16.3. The molecule has 0 spiro atoms. The number of aromatic nitrogens is 2. The third-order valence-electron chi connectivity index (χ3n) is 5.79. The van der Waals surface area contributed by atoms with Gasteiger partial charge in [-0.05, 0) is 46.0 Å². The van der Waals surface area contributed by atoms with Gasteiger partial charge < -0.3 is 10.1 Å². The first-order valence-electron chi connectivity index (χ1n) is 11.0. The molecule has 0 saturated carbocycles. The predicted octanol–water partition coefficient (Wildman–Crippen LogP) is 5.36. The summed E-state index contributed by atoms with van der Waals surface area (Å²) in [5, 5.41) is 9.70. The number of alkyl carbamates (subject to hydrolysis) is 1. The van der Waals surface area contributed by atoms with Gasteiger partial charge in [0.1, 0.15) is 6.61 Å². The van der Waals surface area contributed by atoms with Gasteiger partial charge in [0.2, 0.25) is 0 Å². The standard InChI is InChI=1S/C28H23N3O2/c32-28(29-17-6-5-7-20-12-14-21(15-13-20)27-16-18-30-31-27)33-19-26-24-10-3-1-8-22(24)23-9-2-4-11-25(23)26/h1-4,8-16,18,26H,6,17,19H2,(H,29,32)(H,30,31). The Morgan fingerprint density at radius 3 is 2.30 bits per heavy atom. The molecule has 4 aromatic rings. The quantitative estimate of drug-likeness (QED) is 0.329. The number of fused-ring (bicyclic) bond motifs is 3. The minimum atomic E-state index is -0.414. The van der Waals surface area contributed by atoms with E-state index in [9.17, 15) is 4.79 Å². The molecule has 0 aliphatic heterocycles. The highest BCUT2D eigenvalue weighted by molar-refractivity contribution is 5.79. The SMILES string of the molecule is O=C(NCCC#Cc1ccc(-c2ccn[nH]2)cc1)OCC1c2ccccc2-c2ccccc21. The van der Waals surface area contributed by atoms with Crippen molar-refractivity contribution < 1.29 is 9.53 Å². The van der Waals surface area contributed by atoms with Gasteiger partial charge in [-0.1, -0.05) is 72.5 Å². The summed E-state index contributed by atoms with van der Waals surface area (Å²) in [5.41, 5.74) is 7.81. The molecule has 1 aliphatic carbocycles. The molecule has 5 rings (SSSR count). The molecule has 1 amide bonds. The summed E-state index contributed by atoms with van der Waals surface area (Å²) in [7, 11) is 0. The second-order valence-electron chi connectivity index (χ2n) is 7.85. The minimum Gasteiger partial charge on any atom is -0.449 e. The van der Waals surface area contributed by atoms with Crippen LogP contribution in [0, 0.1) is 11.8 Å². The minimum absolute atomic E-state index is 0.0627. The maximum Gasteiger partial charge on any atom is 0.407 e. The van der Waals surface area contributed by atoms with Crippen molar-refractivity contribution >= 4 is 6.09 Å². The van der Waals surface area contributed by atoms with E-state index in [1.165, 1.54) is 22.3 Å². The van der Waals surface area contributed by atoms with Gasteiger partial charge in [-0.2, -0.15) is 5.10 Å². The van der Waals surface area contributed by atoms with Crippen LogP contribution in [-0.4, -0.2) is 29.4 Å². The largest absolute Gasteiger partial charge is 0.449 e. The molecule has 0 saturated heterocycles. The molecule has 2 N–H and O–H groups in total. The Morgan fingerprint density at radius 2 is 1.64 bits per heavy atom. The van der Waals surface area contributed by atoms with Crippen molar-refractivity contribution in [3.8, 4) is 34.2 Å². The van der Waals surface area contributed by atoms with Crippen molar-refractivity contribution in [2.24, 2.45) is 0 Å². The number of carbonyl (C=O) groups excluding carboxylic acids is 1. The van der Waals surface area contributed by atoms with Gasteiger partial charge in [-0.15, -0.1) is 0 Å². The Morgan fingerprint density at radius 1 is 0.939 bits per heavy atom. The zero-order chi connectivity index (χ0) is 22.5. The number of nitrogens with one attached hydrogen (secondary N) is 2. The van der Waals surface area contributed by atoms with Crippen LogP contribution in [0.15, 0.2) is 85.1 Å². The van der Waals surface area contributed by atoms with Gasteiger partial charge in [-0.25, -0.2) is 4.79 Å². The van der Waals surface area contributed by atoms with Crippen LogP contribution in [0.3, 0.4) is 0 Å². The normalized spacial score (nSPS) is 11.8. The maximum atomic E-state index is 12.2. The molecular weight excluding hydrogens is 410 g/mol. The fourth-order valence-electron chi connectivity index (χ4n) is 4.19. The molecular formula is C28H23N3O2. The summed E-state index contributed by atoms with van der Waals surface area (Å²) in [6.45, 7) is 0.754. The van der Waals surface area contributed by atoms with Crippen LogP contribution in [0.5, 0.6) is 0 Å². The summed E-state index contributed by atoms with van der Waals surface area (Å²) in [6.07, 6.45) is 1.86. The highest BCUT2D eigenvalue weighted by atomic mass is 16.5. The van der Waals surface area contributed by atoms with Crippen LogP contribution in [0.1, 0.15) is 29.0 Å². The first-order valence-corrected chi connectivity index (χ1v) is 11.0. The first kappa shape index (κ1) is 20.6. The fourth-order valence-corrected chi connectivity index (χ4v) is 4.19. The molecule has 0 fully saturated rings. The van der Waals surface area contributed by atoms with Crippen LogP contribution in [0.4, 0.5) is 4.79 Å². The van der Waals surface area contributed by atoms with E-state index in [-0.39, 0.29) is 5.92 Å². The summed E-state index contributed by atoms with van der Waals surface area (Å²) >= 11 is 0. The van der Waals surface area contributed by atoms with Crippen LogP contribution in [0.2, 0.25) is 0 Å². The van der Waals surface area contributed by atoms with Gasteiger partial charge in [0.15, 0.2) is 0 Å². The van der Waals surface area contributed by atoms with Crippen molar-refractivity contribution in [3.05, 3.63) is 102 Å². The van der Waals surface area contributed by atoms with Crippen molar-refractivity contribution in [1.29, 1.82) is 0 Å². The van der Waals surface area contributed by atoms with Crippen molar-refractivity contribution in [1.82, 2.24) is 15.5 Å². The lowest BCUT2D eigenvalue weighted by Crippen LogP contribution is -2.26.